The molecule has 31 heavy (non-hydrogen) atoms. The van der Waals surface area contributed by atoms with Crippen LogP contribution in [0.2, 0.25) is 5.02 Å². The minimum absolute atomic E-state index is 0.0914. The van der Waals surface area contributed by atoms with Crippen LogP contribution in [0.1, 0.15) is 19.4 Å². The number of anilines is 2. The number of aromatic nitrogens is 3. The molecule has 0 atom stereocenters. The third-order valence-electron chi connectivity index (χ3n) is 4.62. The lowest BCUT2D eigenvalue weighted by Crippen LogP contribution is -2.23. The Kier molecular flexibility index (Phi) is 7.74. The van der Waals surface area contributed by atoms with Gasteiger partial charge in [0.05, 0.1) is 5.75 Å². The largest absolute Gasteiger partial charge is 0.349 e. The maximum Gasteiger partial charge on any atom is 0.274 e. The van der Waals surface area contributed by atoms with Crippen LogP contribution >= 0.6 is 34.7 Å². The average molecular weight is 478 g/mol. The average Bonchev–Trinajstić information content (AvgIpc) is 3.16. The van der Waals surface area contributed by atoms with E-state index in [0.29, 0.717) is 32.8 Å². The van der Waals surface area contributed by atoms with Crippen molar-refractivity contribution in [1.82, 2.24) is 14.5 Å². The van der Waals surface area contributed by atoms with E-state index in [9.17, 15) is 9.59 Å². The Morgan fingerprint density at radius 3 is 2.77 bits per heavy atom. The molecule has 2 heterocycles. The highest BCUT2D eigenvalue weighted by Crippen LogP contribution is 2.27. The molecule has 1 N–H and O–H groups in total. The minimum Gasteiger partial charge on any atom is -0.349 e. The molecule has 3 aromatic rings. The standard InChI is InChI=1S/C21H24ClN5O2S2/c1-5-10-27-19(29)17-18(24-20(31-17)26(6-2)7-3)25-21(27)30-12-16(28)23-15-11-14(22)9-8-13(15)4/h5,8-9,11H,1,6-7,10,12H2,2-4H3,(H,23,28). The Morgan fingerprint density at radius 2 is 2.10 bits per heavy atom. The van der Waals surface area contributed by atoms with Crippen molar-refractivity contribution in [2.24, 2.45) is 0 Å². The lowest BCUT2D eigenvalue weighted by Gasteiger charge is -2.15. The fraction of sp³-hybridized carbons (Fsp3) is 0.333. The second kappa shape index (κ2) is 10.3. The molecule has 0 aliphatic carbocycles. The number of aryl methyl sites for hydroxylation is 1. The zero-order chi connectivity index (χ0) is 22.5. The van der Waals surface area contributed by atoms with E-state index in [0.717, 1.165) is 23.8 Å². The van der Waals surface area contributed by atoms with Gasteiger partial charge < -0.3 is 10.2 Å². The van der Waals surface area contributed by atoms with Crippen molar-refractivity contribution >= 4 is 61.8 Å². The van der Waals surface area contributed by atoms with Crippen molar-refractivity contribution in [2.75, 3.05) is 29.1 Å². The van der Waals surface area contributed by atoms with E-state index in [1.54, 1.807) is 18.2 Å². The number of benzene rings is 1. The molecule has 3 rings (SSSR count). The molecular formula is C21H24ClN5O2S2. The summed E-state index contributed by atoms with van der Waals surface area (Å²) < 4.78 is 2.04. The van der Waals surface area contributed by atoms with Gasteiger partial charge >= 0.3 is 0 Å². The van der Waals surface area contributed by atoms with Gasteiger partial charge in [0.1, 0.15) is 4.70 Å². The number of hydrogen-bond acceptors (Lipinski definition) is 7. The van der Waals surface area contributed by atoms with Crippen molar-refractivity contribution in [3.63, 3.8) is 0 Å². The van der Waals surface area contributed by atoms with Crippen molar-refractivity contribution in [3.8, 4) is 0 Å². The van der Waals surface area contributed by atoms with E-state index in [1.807, 2.05) is 26.8 Å². The number of allylic oxidation sites excluding steroid dienone is 1. The molecule has 0 aliphatic rings. The van der Waals surface area contributed by atoms with E-state index in [4.69, 9.17) is 11.6 Å². The van der Waals surface area contributed by atoms with Gasteiger partial charge in [0.2, 0.25) is 5.91 Å². The van der Waals surface area contributed by atoms with Crippen LogP contribution in [0.25, 0.3) is 10.3 Å². The number of nitrogens with one attached hydrogen (secondary N) is 1. The predicted octanol–water partition coefficient (Wildman–Crippen LogP) is 4.58. The third-order valence-corrected chi connectivity index (χ3v) is 6.93. The number of fused-ring (bicyclic) bond motifs is 1. The summed E-state index contributed by atoms with van der Waals surface area (Å²) in [5.41, 5.74) is 1.81. The molecule has 164 valence electrons. The molecule has 1 amide bonds. The Balaban J connectivity index is 1.87. The number of amides is 1. The number of nitrogens with zero attached hydrogens (tertiary/aromatic N) is 4. The van der Waals surface area contributed by atoms with Gasteiger partial charge in [-0.2, -0.15) is 4.98 Å². The van der Waals surface area contributed by atoms with Crippen LogP contribution in [-0.4, -0.2) is 39.3 Å². The fourth-order valence-corrected chi connectivity index (χ4v) is 5.00. The van der Waals surface area contributed by atoms with Crippen LogP contribution in [0.5, 0.6) is 0 Å². The molecule has 0 radical (unpaired) electrons. The summed E-state index contributed by atoms with van der Waals surface area (Å²) in [5.74, 6) is -0.120. The van der Waals surface area contributed by atoms with Crippen LogP contribution < -0.4 is 15.8 Å². The van der Waals surface area contributed by atoms with Gasteiger partial charge in [-0.05, 0) is 38.5 Å². The second-order valence-electron chi connectivity index (χ2n) is 6.72. The summed E-state index contributed by atoms with van der Waals surface area (Å²) in [4.78, 5) is 36.8. The summed E-state index contributed by atoms with van der Waals surface area (Å²) in [6, 6.07) is 5.33. The normalized spacial score (nSPS) is 11.0. The summed E-state index contributed by atoms with van der Waals surface area (Å²) in [5, 5.41) is 4.61. The number of rotatable bonds is 9. The number of halogens is 1. The highest BCUT2D eigenvalue weighted by molar-refractivity contribution is 7.99. The monoisotopic (exact) mass is 477 g/mol. The zero-order valence-electron chi connectivity index (χ0n) is 17.6. The fourth-order valence-electron chi connectivity index (χ4n) is 2.95. The number of thioether (sulfide) groups is 1. The molecule has 7 nitrogen and oxygen atoms in total. The molecule has 0 saturated heterocycles. The van der Waals surface area contributed by atoms with Crippen LogP contribution in [0, 0.1) is 6.92 Å². The summed E-state index contributed by atoms with van der Waals surface area (Å²) in [6.07, 6.45) is 1.64. The first kappa shape index (κ1) is 23.3. The van der Waals surface area contributed by atoms with Crippen molar-refractivity contribution in [2.45, 2.75) is 32.5 Å². The second-order valence-corrected chi connectivity index (χ2v) is 9.07. The Labute approximate surface area is 194 Å². The highest BCUT2D eigenvalue weighted by atomic mass is 35.5. The van der Waals surface area contributed by atoms with E-state index in [-0.39, 0.29) is 17.2 Å². The van der Waals surface area contributed by atoms with Crippen LogP contribution in [0.3, 0.4) is 0 Å². The quantitative estimate of drug-likeness (QED) is 0.276. The first-order valence-corrected chi connectivity index (χ1v) is 12.0. The molecule has 0 unspecified atom stereocenters. The third kappa shape index (κ3) is 5.28. The highest BCUT2D eigenvalue weighted by Gasteiger charge is 2.18. The number of thiazole rings is 1. The zero-order valence-corrected chi connectivity index (χ0v) is 20.0. The topological polar surface area (TPSA) is 80.1 Å². The Hall–Kier alpha value is -2.36. The summed E-state index contributed by atoms with van der Waals surface area (Å²) in [7, 11) is 0. The van der Waals surface area contributed by atoms with Crippen LogP contribution in [0.15, 0.2) is 40.8 Å². The minimum atomic E-state index is -0.211. The van der Waals surface area contributed by atoms with E-state index in [1.165, 1.54) is 27.7 Å². The van der Waals surface area contributed by atoms with Gasteiger partial charge in [-0.3, -0.25) is 14.2 Å². The number of carbonyl (C=O) groups excluding carboxylic acids is 1. The van der Waals surface area contributed by atoms with E-state index < -0.39 is 0 Å². The van der Waals surface area contributed by atoms with Crippen LogP contribution in [-0.2, 0) is 11.3 Å². The molecule has 0 fully saturated rings. The Morgan fingerprint density at radius 1 is 1.35 bits per heavy atom. The van der Waals surface area contributed by atoms with Gasteiger partial charge in [0, 0.05) is 30.3 Å². The molecule has 2 aromatic heterocycles. The molecular weight excluding hydrogens is 454 g/mol. The first-order valence-electron chi connectivity index (χ1n) is 9.83. The molecule has 10 heteroatoms. The van der Waals surface area contributed by atoms with E-state index in [2.05, 4.69) is 26.8 Å². The van der Waals surface area contributed by atoms with Crippen molar-refractivity contribution < 1.29 is 4.79 Å². The Bertz CT molecular complexity index is 1170. The SMILES string of the molecule is C=CCn1c(SCC(=O)Nc2cc(Cl)ccc2C)nc2nc(N(CC)CC)sc2c1=O. The lowest BCUT2D eigenvalue weighted by molar-refractivity contribution is -0.113. The van der Waals surface area contributed by atoms with Gasteiger partial charge in [-0.25, -0.2) is 4.98 Å². The lowest BCUT2D eigenvalue weighted by atomic mass is 10.2. The molecule has 0 saturated carbocycles. The number of carbonyl (C=O) groups is 1. The van der Waals surface area contributed by atoms with Crippen molar-refractivity contribution in [1.29, 1.82) is 0 Å². The summed E-state index contributed by atoms with van der Waals surface area (Å²) >= 11 is 8.56. The van der Waals surface area contributed by atoms with E-state index >= 15 is 0 Å². The molecule has 0 aliphatic heterocycles. The summed E-state index contributed by atoms with van der Waals surface area (Å²) in [6.45, 7) is 11.6. The number of hydrogen-bond donors (Lipinski definition) is 1. The van der Waals surface area contributed by atoms with Crippen LogP contribution in [0.4, 0.5) is 10.8 Å². The maximum atomic E-state index is 13.1. The smallest absolute Gasteiger partial charge is 0.274 e. The van der Waals surface area contributed by atoms with Gasteiger partial charge in [0.15, 0.2) is 15.9 Å². The van der Waals surface area contributed by atoms with Crippen molar-refractivity contribution in [3.05, 3.63) is 51.8 Å². The van der Waals surface area contributed by atoms with Gasteiger partial charge in [-0.1, -0.05) is 46.8 Å². The predicted molar refractivity (Wildman–Crippen MR) is 131 cm³/mol. The molecule has 0 spiro atoms. The maximum absolute atomic E-state index is 13.1. The van der Waals surface area contributed by atoms with Gasteiger partial charge in [-0.15, -0.1) is 6.58 Å². The van der Waals surface area contributed by atoms with Gasteiger partial charge in [0.25, 0.3) is 5.56 Å². The first-order chi connectivity index (χ1) is 14.9. The molecule has 1 aromatic carbocycles. The molecule has 0 bridgehead atoms.